The van der Waals surface area contributed by atoms with Gasteiger partial charge in [0.1, 0.15) is 23.0 Å². The Bertz CT molecular complexity index is 632. The first-order valence-corrected chi connectivity index (χ1v) is 5.82. The minimum atomic E-state index is -0.460. The van der Waals surface area contributed by atoms with Crippen molar-refractivity contribution < 1.29 is 19.0 Å². The lowest BCUT2D eigenvalue weighted by molar-refractivity contribution is -0.118. The Morgan fingerprint density at radius 3 is 2.80 bits per heavy atom. The number of amides is 1. The van der Waals surface area contributed by atoms with Crippen LogP contribution in [-0.2, 0) is 4.79 Å². The quantitative estimate of drug-likeness (QED) is 0.590. The zero-order valence-corrected chi connectivity index (χ0v) is 10.5. The van der Waals surface area contributed by atoms with Gasteiger partial charge in [-0.1, -0.05) is 12.1 Å². The first-order valence-electron chi connectivity index (χ1n) is 5.82. The molecule has 0 saturated heterocycles. The number of nitrogens with one attached hydrogen (secondary N) is 1. The van der Waals surface area contributed by atoms with Gasteiger partial charge in [-0.2, -0.15) is 0 Å². The predicted octanol–water partition coefficient (Wildman–Crippen LogP) is 2.13. The van der Waals surface area contributed by atoms with E-state index in [2.05, 4.69) is 5.32 Å². The van der Waals surface area contributed by atoms with Gasteiger partial charge in [-0.15, -0.1) is 0 Å². The highest BCUT2D eigenvalue weighted by Gasteiger charge is 2.08. The molecule has 2 aromatic carbocycles. The van der Waals surface area contributed by atoms with E-state index in [4.69, 9.17) is 10.5 Å². The van der Waals surface area contributed by atoms with Gasteiger partial charge in [0, 0.05) is 5.69 Å². The lowest BCUT2D eigenvalue weighted by Gasteiger charge is -2.10. The molecular weight excluding hydrogens is 263 g/mol. The Labute approximate surface area is 114 Å². The smallest absolute Gasteiger partial charge is 0.262 e. The van der Waals surface area contributed by atoms with Crippen LogP contribution in [0.3, 0.4) is 0 Å². The minimum Gasteiger partial charge on any atom is -0.506 e. The van der Waals surface area contributed by atoms with Crippen molar-refractivity contribution in [3.8, 4) is 11.5 Å². The number of rotatable bonds is 4. The summed E-state index contributed by atoms with van der Waals surface area (Å²) in [6.45, 7) is -0.301. The molecule has 0 aromatic heterocycles. The number of aromatic hydroxyl groups is 1. The molecule has 2 rings (SSSR count). The van der Waals surface area contributed by atoms with Crippen molar-refractivity contribution in [2.45, 2.75) is 0 Å². The minimum absolute atomic E-state index is 0.0612. The number of nitrogens with two attached hydrogens (primary N) is 1. The maximum atomic E-state index is 12.9. The number of carbonyl (C=O) groups excluding carboxylic acids is 1. The van der Waals surface area contributed by atoms with Gasteiger partial charge in [-0.25, -0.2) is 4.39 Å². The number of para-hydroxylation sites is 1. The van der Waals surface area contributed by atoms with Gasteiger partial charge >= 0.3 is 0 Å². The van der Waals surface area contributed by atoms with Crippen LogP contribution in [0.1, 0.15) is 0 Å². The van der Waals surface area contributed by atoms with E-state index in [1.807, 2.05) is 0 Å². The molecule has 0 spiro atoms. The summed E-state index contributed by atoms with van der Waals surface area (Å²) in [4.78, 5) is 11.6. The van der Waals surface area contributed by atoms with Gasteiger partial charge in [0.05, 0.1) is 0 Å². The highest BCUT2D eigenvalue weighted by molar-refractivity contribution is 5.91. The molecule has 0 unspecified atom stereocenters. The van der Waals surface area contributed by atoms with Crippen molar-refractivity contribution in [1.29, 1.82) is 0 Å². The van der Waals surface area contributed by atoms with Crippen molar-refractivity contribution in [3.05, 3.63) is 48.3 Å². The molecular formula is C14H13FN2O3. The van der Waals surface area contributed by atoms with Gasteiger partial charge in [0.25, 0.3) is 5.91 Å². The van der Waals surface area contributed by atoms with Gasteiger partial charge < -0.3 is 20.9 Å². The molecule has 0 bridgehead atoms. The second-order valence-electron chi connectivity index (χ2n) is 4.04. The van der Waals surface area contributed by atoms with Crippen LogP contribution >= 0.6 is 0 Å². The molecule has 0 aliphatic carbocycles. The van der Waals surface area contributed by atoms with E-state index in [1.165, 1.54) is 30.3 Å². The lowest BCUT2D eigenvalue weighted by Crippen LogP contribution is -2.20. The molecule has 104 valence electrons. The fourth-order valence-corrected chi connectivity index (χ4v) is 1.56. The Morgan fingerprint density at radius 1 is 1.30 bits per heavy atom. The topological polar surface area (TPSA) is 84.6 Å². The van der Waals surface area contributed by atoms with Gasteiger partial charge in [-0.05, 0) is 30.3 Å². The van der Waals surface area contributed by atoms with Gasteiger partial charge in [0.2, 0.25) is 0 Å². The molecule has 0 radical (unpaired) electrons. The molecule has 0 saturated carbocycles. The summed E-state index contributed by atoms with van der Waals surface area (Å²) >= 11 is 0. The predicted molar refractivity (Wildman–Crippen MR) is 73.0 cm³/mol. The number of ether oxygens (including phenoxy) is 1. The number of halogens is 1. The van der Waals surface area contributed by atoms with Crippen LogP contribution in [0.2, 0.25) is 0 Å². The number of phenolic OH excluding ortho intramolecular Hbond substituents is 1. The van der Waals surface area contributed by atoms with E-state index < -0.39 is 11.7 Å². The van der Waals surface area contributed by atoms with Crippen LogP contribution in [0.4, 0.5) is 15.8 Å². The Hall–Kier alpha value is -2.76. The second-order valence-corrected chi connectivity index (χ2v) is 4.04. The number of hydrogen-bond donors (Lipinski definition) is 3. The van der Waals surface area contributed by atoms with Crippen molar-refractivity contribution >= 4 is 17.3 Å². The van der Waals surface area contributed by atoms with E-state index in [9.17, 15) is 14.3 Å². The van der Waals surface area contributed by atoms with Crippen LogP contribution in [0, 0.1) is 5.82 Å². The largest absolute Gasteiger partial charge is 0.506 e. The molecule has 4 N–H and O–H groups in total. The summed E-state index contributed by atoms with van der Waals surface area (Å²) in [5.41, 5.74) is 5.98. The summed E-state index contributed by atoms with van der Waals surface area (Å²) in [7, 11) is 0. The van der Waals surface area contributed by atoms with Crippen molar-refractivity contribution in [2.24, 2.45) is 0 Å². The molecule has 0 aliphatic rings. The SMILES string of the molecule is Nc1c(O)cccc1OCC(=O)Nc1cccc(F)c1. The zero-order valence-electron chi connectivity index (χ0n) is 10.5. The highest BCUT2D eigenvalue weighted by Crippen LogP contribution is 2.29. The molecule has 6 heteroatoms. The lowest BCUT2D eigenvalue weighted by atomic mass is 10.3. The van der Waals surface area contributed by atoms with Crippen molar-refractivity contribution in [1.82, 2.24) is 0 Å². The molecule has 5 nitrogen and oxygen atoms in total. The summed E-state index contributed by atoms with van der Waals surface area (Å²) in [6.07, 6.45) is 0. The fraction of sp³-hybridized carbons (Fsp3) is 0.0714. The van der Waals surface area contributed by atoms with E-state index in [-0.39, 0.29) is 23.8 Å². The van der Waals surface area contributed by atoms with Crippen LogP contribution in [-0.4, -0.2) is 17.6 Å². The Morgan fingerprint density at radius 2 is 2.05 bits per heavy atom. The second kappa shape index (κ2) is 5.92. The Kier molecular flexibility index (Phi) is 4.05. The average molecular weight is 276 g/mol. The third-order valence-corrected chi connectivity index (χ3v) is 2.51. The van der Waals surface area contributed by atoms with E-state index >= 15 is 0 Å². The zero-order chi connectivity index (χ0) is 14.5. The first-order chi connectivity index (χ1) is 9.56. The fourth-order valence-electron chi connectivity index (χ4n) is 1.56. The number of benzene rings is 2. The van der Waals surface area contributed by atoms with Crippen LogP contribution in [0.15, 0.2) is 42.5 Å². The van der Waals surface area contributed by atoms with Gasteiger partial charge in [0.15, 0.2) is 6.61 Å². The summed E-state index contributed by atoms with van der Waals surface area (Å²) in [5, 5.41) is 11.9. The van der Waals surface area contributed by atoms with Crippen LogP contribution in [0.25, 0.3) is 0 Å². The van der Waals surface area contributed by atoms with Crippen LogP contribution in [0.5, 0.6) is 11.5 Å². The monoisotopic (exact) mass is 276 g/mol. The molecule has 20 heavy (non-hydrogen) atoms. The third-order valence-electron chi connectivity index (χ3n) is 2.51. The standard InChI is InChI=1S/C14H13FN2O3/c15-9-3-1-4-10(7-9)17-13(19)8-20-12-6-2-5-11(18)14(12)16/h1-7,18H,8,16H2,(H,17,19). The summed E-state index contributed by atoms with van der Waals surface area (Å²) < 4.78 is 18.1. The molecule has 0 atom stereocenters. The van der Waals surface area contributed by atoms with Crippen LogP contribution < -0.4 is 15.8 Å². The highest BCUT2D eigenvalue weighted by atomic mass is 19.1. The maximum absolute atomic E-state index is 12.9. The number of carbonyl (C=O) groups is 1. The van der Waals surface area contributed by atoms with E-state index in [1.54, 1.807) is 12.1 Å². The Balaban J connectivity index is 1.94. The average Bonchev–Trinajstić information content (AvgIpc) is 2.40. The summed E-state index contributed by atoms with van der Waals surface area (Å²) in [5.74, 6) is -0.813. The maximum Gasteiger partial charge on any atom is 0.262 e. The number of anilines is 2. The number of phenols is 1. The van der Waals surface area contributed by atoms with Gasteiger partial charge in [-0.3, -0.25) is 4.79 Å². The normalized spacial score (nSPS) is 10.1. The van der Waals surface area contributed by atoms with E-state index in [0.29, 0.717) is 5.69 Å². The molecule has 0 fully saturated rings. The van der Waals surface area contributed by atoms with Crippen molar-refractivity contribution in [3.63, 3.8) is 0 Å². The van der Waals surface area contributed by atoms with E-state index in [0.717, 1.165) is 0 Å². The van der Waals surface area contributed by atoms with Crippen molar-refractivity contribution in [2.75, 3.05) is 17.7 Å². The molecule has 2 aromatic rings. The molecule has 1 amide bonds. The number of nitrogen functional groups attached to an aromatic ring is 1. The number of hydrogen-bond acceptors (Lipinski definition) is 4. The third kappa shape index (κ3) is 3.38. The first kappa shape index (κ1) is 13.7. The summed E-state index contributed by atoms with van der Waals surface area (Å²) in [6, 6.07) is 10.0. The molecule has 0 heterocycles. The molecule has 0 aliphatic heterocycles.